The Morgan fingerprint density at radius 2 is 2.29 bits per heavy atom. The van der Waals surface area contributed by atoms with Gasteiger partial charge in [-0.3, -0.25) is 4.79 Å². The Labute approximate surface area is 85.9 Å². The molecular weight excluding hydrogens is 178 g/mol. The van der Waals surface area contributed by atoms with Gasteiger partial charge in [-0.25, -0.2) is 0 Å². The smallest absolute Gasteiger partial charge is 0.304 e. The summed E-state index contributed by atoms with van der Waals surface area (Å²) in [6.45, 7) is 6.46. The number of carbonyl (C=O) groups is 1. The molecule has 0 aliphatic heterocycles. The molecule has 0 aromatic heterocycles. The minimum atomic E-state index is -0.721. The van der Waals surface area contributed by atoms with Crippen molar-refractivity contribution in [2.24, 2.45) is 5.41 Å². The maximum absolute atomic E-state index is 10.5. The molecule has 0 aromatic carbocycles. The lowest BCUT2D eigenvalue weighted by Gasteiger charge is -2.30. The normalized spacial score (nSPS) is 27.5. The van der Waals surface area contributed by atoms with Crippen LogP contribution in [0.1, 0.15) is 46.5 Å². The summed E-state index contributed by atoms with van der Waals surface area (Å²) < 4.78 is 0. The van der Waals surface area contributed by atoms with Crippen LogP contribution in [0, 0.1) is 5.41 Å². The molecular formula is C11H21NO2. The largest absolute Gasteiger partial charge is 0.481 e. The molecule has 0 heterocycles. The molecule has 1 aliphatic carbocycles. The molecule has 3 nitrogen and oxygen atoms in total. The van der Waals surface area contributed by atoms with Crippen molar-refractivity contribution in [3.63, 3.8) is 0 Å². The molecule has 2 N–H and O–H groups in total. The van der Waals surface area contributed by atoms with Crippen LogP contribution in [0.15, 0.2) is 0 Å². The first-order valence-electron chi connectivity index (χ1n) is 5.39. The summed E-state index contributed by atoms with van der Waals surface area (Å²) in [5.74, 6) is -0.721. The number of rotatable bonds is 4. The van der Waals surface area contributed by atoms with E-state index in [0.29, 0.717) is 11.5 Å². The van der Waals surface area contributed by atoms with Gasteiger partial charge in [-0.15, -0.1) is 0 Å². The zero-order valence-electron chi connectivity index (χ0n) is 9.34. The number of carboxylic acids is 1. The lowest BCUT2D eigenvalue weighted by molar-refractivity contribution is -0.137. The van der Waals surface area contributed by atoms with Crippen LogP contribution in [0.3, 0.4) is 0 Å². The summed E-state index contributed by atoms with van der Waals surface area (Å²) >= 11 is 0. The highest BCUT2D eigenvalue weighted by Crippen LogP contribution is 2.37. The topological polar surface area (TPSA) is 49.3 Å². The van der Waals surface area contributed by atoms with Crippen molar-refractivity contribution in [2.75, 3.05) is 0 Å². The van der Waals surface area contributed by atoms with Crippen LogP contribution in [-0.4, -0.2) is 23.2 Å². The molecule has 0 amide bonds. The first-order chi connectivity index (χ1) is 6.42. The number of aliphatic carboxylic acids is 1. The van der Waals surface area contributed by atoms with Gasteiger partial charge in [0.25, 0.3) is 0 Å². The molecule has 2 unspecified atom stereocenters. The summed E-state index contributed by atoms with van der Waals surface area (Å²) in [5, 5.41) is 12.1. The van der Waals surface area contributed by atoms with Crippen molar-refractivity contribution in [3.8, 4) is 0 Å². The fourth-order valence-corrected chi connectivity index (χ4v) is 2.30. The summed E-state index contributed by atoms with van der Waals surface area (Å²) in [7, 11) is 0. The standard InChI is InChI=1S/C11H21NO2/c1-8(7-10(13)14)12-9-5-4-6-11(9,2)3/h8-9,12H,4-7H2,1-3H3,(H,13,14). The minimum absolute atomic E-state index is 0.0786. The Morgan fingerprint density at radius 3 is 2.71 bits per heavy atom. The van der Waals surface area contributed by atoms with Crippen LogP contribution in [0.25, 0.3) is 0 Å². The molecule has 82 valence electrons. The van der Waals surface area contributed by atoms with Gasteiger partial charge in [0.1, 0.15) is 0 Å². The van der Waals surface area contributed by atoms with E-state index in [9.17, 15) is 4.79 Å². The van der Waals surface area contributed by atoms with Crippen LogP contribution >= 0.6 is 0 Å². The lowest BCUT2D eigenvalue weighted by atomic mass is 9.87. The Hall–Kier alpha value is -0.570. The number of hydrogen-bond acceptors (Lipinski definition) is 2. The van der Waals surface area contributed by atoms with Gasteiger partial charge in [0, 0.05) is 12.1 Å². The van der Waals surface area contributed by atoms with Gasteiger partial charge in [0.05, 0.1) is 6.42 Å². The van der Waals surface area contributed by atoms with Gasteiger partial charge in [-0.05, 0) is 25.2 Å². The molecule has 0 bridgehead atoms. The fourth-order valence-electron chi connectivity index (χ4n) is 2.30. The fraction of sp³-hybridized carbons (Fsp3) is 0.909. The average molecular weight is 199 g/mol. The second kappa shape index (κ2) is 4.30. The van der Waals surface area contributed by atoms with E-state index in [1.807, 2.05) is 6.92 Å². The van der Waals surface area contributed by atoms with E-state index >= 15 is 0 Å². The molecule has 0 aromatic rings. The second-order valence-corrected chi connectivity index (χ2v) is 5.10. The Morgan fingerprint density at radius 1 is 1.64 bits per heavy atom. The van der Waals surface area contributed by atoms with Gasteiger partial charge < -0.3 is 10.4 Å². The van der Waals surface area contributed by atoms with Crippen molar-refractivity contribution in [2.45, 2.75) is 58.5 Å². The monoisotopic (exact) mass is 199 g/mol. The minimum Gasteiger partial charge on any atom is -0.481 e. The quantitative estimate of drug-likeness (QED) is 0.728. The predicted octanol–water partition coefficient (Wildman–Crippen LogP) is 2.02. The predicted molar refractivity (Wildman–Crippen MR) is 56.3 cm³/mol. The summed E-state index contributed by atoms with van der Waals surface area (Å²) in [6.07, 6.45) is 3.89. The summed E-state index contributed by atoms with van der Waals surface area (Å²) in [4.78, 5) is 10.5. The van der Waals surface area contributed by atoms with Crippen molar-refractivity contribution >= 4 is 5.97 Å². The Kier molecular flexibility index (Phi) is 3.53. The maximum atomic E-state index is 10.5. The highest BCUT2D eigenvalue weighted by Gasteiger charge is 2.34. The SMILES string of the molecule is CC(CC(=O)O)NC1CCCC1(C)C. The van der Waals surface area contributed by atoms with Crippen LogP contribution in [0.2, 0.25) is 0 Å². The molecule has 3 heteroatoms. The van der Waals surface area contributed by atoms with Crippen LogP contribution in [-0.2, 0) is 4.79 Å². The number of carboxylic acid groups (broad SMARTS) is 1. The molecule has 0 spiro atoms. The highest BCUT2D eigenvalue weighted by atomic mass is 16.4. The van der Waals surface area contributed by atoms with E-state index in [1.54, 1.807) is 0 Å². The van der Waals surface area contributed by atoms with Gasteiger partial charge in [-0.2, -0.15) is 0 Å². The van der Waals surface area contributed by atoms with Gasteiger partial charge in [-0.1, -0.05) is 20.3 Å². The van der Waals surface area contributed by atoms with E-state index in [4.69, 9.17) is 5.11 Å². The summed E-state index contributed by atoms with van der Waals surface area (Å²) in [5.41, 5.74) is 0.326. The zero-order valence-corrected chi connectivity index (χ0v) is 9.34. The van der Waals surface area contributed by atoms with Crippen molar-refractivity contribution in [3.05, 3.63) is 0 Å². The molecule has 0 radical (unpaired) electrons. The Bertz CT molecular complexity index is 213. The second-order valence-electron chi connectivity index (χ2n) is 5.10. The molecule has 1 fully saturated rings. The first kappa shape index (κ1) is 11.5. The van der Waals surface area contributed by atoms with Crippen molar-refractivity contribution < 1.29 is 9.90 Å². The van der Waals surface area contributed by atoms with Gasteiger partial charge >= 0.3 is 5.97 Å². The van der Waals surface area contributed by atoms with E-state index in [0.717, 1.165) is 0 Å². The van der Waals surface area contributed by atoms with Crippen LogP contribution < -0.4 is 5.32 Å². The molecule has 1 aliphatic rings. The van der Waals surface area contributed by atoms with Crippen molar-refractivity contribution in [1.29, 1.82) is 0 Å². The molecule has 1 saturated carbocycles. The lowest BCUT2D eigenvalue weighted by Crippen LogP contribution is -2.43. The van der Waals surface area contributed by atoms with Gasteiger partial charge in [0.15, 0.2) is 0 Å². The zero-order chi connectivity index (χ0) is 10.8. The highest BCUT2D eigenvalue weighted by molar-refractivity contribution is 5.67. The molecule has 2 atom stereocenters. The maximum Gasteiger partial charge on any atom is 0.304 e. The third-order valence-corrected chi connectivity index (χ3v) is 3.22. The Balaban J connectivity index is 2.40. The molecule has 1 rings (SSSR count). The number of hydrogen-bond donors (Lipinski definition) is 2. The average Bonchev–Trinajstić information content (AvgIpc) is 2.29. The van der Waals surface area contributed by atoms with E-state index in [2.05, 4.69) is 19.2 Å². The van der Waals surface area contributed by atoms with Crippen molar-refractivity contribution in [1.82, 2.24) is 5.32 Å². The van der Waals surface area contributed by atoms with Crippen LogP contribution in [0.4, 0.5) is 0 Å². The van der Waals surface area contributed by atoms with Crippen LogP contribution in [0.5, 0.6) is 0 Å². The van der Waals surface area contributed by atoms with Gasteiger partial charge in [0.2, 0.25) is 0 Å². The number of nitrogens with one attached hydrogen (secondary N) is 1. The molecule has 0 saturated heterocycles. The summed E-state index contributed by atoms with van der Waals surface area (Å²) in [6, 6.07) is 0.562. The third-order valence-electron chi connectivity index (χ3n) is 3.22. The van der Waals surface area contributed by atoms with E-state index in [1.165, 1.54) is 19.3 Å². The third kappa shape index (κ3) is 2.98. The van der Waals surface area contributed by atoms with E-state index in [-0.39, 0.29) is 12.5 Å². The molecule has 14 heavy (non-hydrogen) atoms. The van der Waals surface area contributed by atoms with E-state index < -0.39 is 5.97 Å². The first-order valence-corrected chi connectivity index (χ1v) is 5.39.